The number of rotatable bonds is 7. The highest BCUT2D eigenvalue weighted by molar-refractivity contribution is 5.45. The Balaban J connectivity index is 2.45. The zero-order valence-corrected chi connectivity index (χ0v) is 10.6. The van der Waals surface area contributed by atoms with E-state index in [1.807, 2.05) is 19.0 Å². The Hall–Kier alpha value is -1.41. The predicted octanol–water partition coefficient (Wildman–Crippen LogP) is 1.63. The minimum Gasteiger partial charge on any atom is -0.378 e. The number of nitrogens with zero attached hydrogens (tertiary/aromatic N) is 2. The van der Waals surface area contributed by atoms with E-state index >= 15 is 0 Å². The summed E-state index contributed by atoms with van der Waals surface area (Å²) < 4.78 is 57.0. The highest BCUT2D eigenvalue weighted by atomic mass is 19.2. The summed E-state index contributed by atoms with van der Waals surface area (Å²) in [6.45, 7) is 1.31. The van der Waals surface area contributed by atoms with Gasteiger partial charge < -0.3 is 15.0 Å². The first kappa shape index (κ1) is 15.6. The van der Waals surface area contributed by atoms with Crippen LogP contribution < -0.4 is 5.32 Å². The molecule has 8 heteroatoms. The van der Waals surface area contributed by atoms with E-state index in [0.29, 0.717) is 13.2 Å². The van der Waals surface area contributed by atoms with E-state index in [-0.39, 0.29) is 13.2 Å². The van der Waals surface area contributed by atoms with Gasteiger partial charge in [0.1, 0.15) is 5.69 Å². The molecule has 0 fully saturated rings. The lowest BCUT2D eigenvalue weighted by Gasteiger charge is -2.11. The number of nitrogens with one attached hydrogen (secondary N) is 1. The molecule has 0 spiro atoms. The van der Waals surface area contributed by atoms with Crippen molar-refractivity contribution in [3.05, 3.63) is 23.5 Å². The van der Waals surface area contributed by atoms with Crippen LogP contribution in [0.25, 0.3) is 0 Å². The summed E-state index contributed by atoms with van der Waals surface area (Å²) in [4.78, 5) is 4.35. The molecule has 0 radical (unpaired) electrons. The summed E-state index contributed by atoms with van der Waals surface area (Å²) in [6.07, 6.45) is 0. The van der Waals surface area contributed by atoms with Gasteiger partial charge in [-0.05, 0) is 14.1 Å². The molecule has 108 valence electrons. The zero-order valence-electron chi connectivity index (χ0n) is 10.6. The van der Waals surface area contributed by atoms with Gasteiger partial charge in [0.25, 0.3) is 11.9 Å². The molecule has 0 aliphatic carbocycles. The van der Waals surface area contributed by atoms with Gasteiger partial charge >= 0.3 is 0 Å². The number of anilines is 1. The molecule has 0 saturated heterocycles. The second-order valence-corrected chi connectivity index (χ2v) is 4.04. The molecule has 0 aliphatic heterocycles. The van der Waals surface area contributed by atoms with Gasteiger partial charge in [0.2, 0.25) is 11.6 Å². The molecule has 1 rings (SSSR count). The Bertz CT molecular complexity index is 403. The molecule has 1 aromatic heterocycles. The third-order valence-corrected chi connectivity index (χ3v) is 2.23. The standard InChI is InChI=1S/C11H15F4N3O/c1-18(2)4-6-19-5-3-16-9-7(12)10(14)17-11(15)8(9)13/h3-6H2,1-2H3,(H,16,17). The molecular weight excluding hydrogens is 266 g/mol. The highest BCUT2D eigenvalue weighted by Crippen LogP contribution is 2.21. The maximum atomic E-state index is 13.2. The average molecular weight is 281 g/mol. The molecule has 0 atom stereocenters. The van der Waals surface area contributed by atoms with Crippen molar-refractivity contribution in [1.82, 2.24) is 9.88 Å². The Labute approximate surface area is 108 Å². The molecule has 0 saturated carbocycles. The Morgan fingerprint density at radius 3 is 2.16 bits per heavy atom. The van der Waals surface area contributed by atoms with E-state index in [1.165, 1.54) is 0 Å². The molecule has 19 heavy (non-hydrogen) atoms. The van der Waals surface area contributed by atoms with Crippen molar-refractivity contribution in [2.75, 3.05) is 45.7 Å². The number of halogens is 4. The van der Waals surface area contributed by atoms with Gasteiger partial charge in [-0.25, -0.2) is 0 Å². The lowest BCUT2D eigenvalue weighted by molar-refractivity contribution is 0.126. The van der Waals surface area contributed by atoms with Crippen LogP contribution in [0.1, 0.15) is 0 Å². The van der Waals surface area contributed by atoms with Crippen LogP contribution in [0.2, 0.25) is 0 Å². The number of pyridine rings is 1. The van der Waals surface area contributed by atoms with E-state index < -0.39 is 29.2 Å². The van der Waals surface area contributed by atoms with Gasteiger partial charge in [-0.15, -0.1) is 0 Å². The van der Waals surface area contributed by atoms with Gasteiger partial charge in [0, 0.05) is 13.1 Å². The Morgan fingerprint density at radius 1 is 1.05 bits per heavy atom. The molecule has 0 aliphatic rings. The van der Waals surface area contributed by atoms with Crippen molar-refractivity contribution in [1.29, 1.82) is 0 Å². The lowest BCUT2D eigenvalue weighted by Crippen LogP contribution is -2.20. The maximum absolute atomic E-state index is 13.2. The van der Waals surface area contributed by atoms with Crippen LogP contribution in [0, 0.1) is 23.5 Å². The summed E-state index contributed by atoms with van der Waals surface area (Å²) in [5.74, 6) is -6.47. The molecule has 0 amide bonds. The normalized spacial score (nSPS) is 11.1. The van der Waals surface area contributed by atoms with Gasteiger partial charge in [0.05, 0.1) is 13.2 Å². The summed E-state index contributed by atoms with van der Waals surface area (Å²) >= 11 is 0. The first-order valence-electron chi connectivity index (χ1n) is 5.59. The van der Waals surface area contributed by atoms with E-state index in [1.54, 1.807) is 0 Å². The van der Waals surface area contributed by atoms with Crippen LogP contribution in [0.3, 0.4) is 0 Å². The highest BCUT2D eigenvalue weighted by Gasteiger charge is 2.20. The minimum absolute atomic E-state index is 0.0180. The monoisotopic (exact) mass is 281 g/mol. The van der Waals surface area contributed by atoms with E-state index in [9.17, 15) is 17.6 Å². The third-order valence-electron chi connectivity index (χ3n) is 2.23. The van der Waals surface area contributed by atoms with Gasteiger partial charge in [-0.3, -0.25) is 0 Å². The molecule has 0 unspecified atom stereocenters. The number of hydrogen-bond acceptors (Lipinski definition) is 4. The zero-order chi connectivity index (χ0) is 14.4. The largest absolute Gasteiger partial charge is 0.378 e. The van der Waals surface area contributed by atoms with Crippen molar-refractivity contribution in [3.8, 4) is 0 Å². The average Bonchev–Trinajstić information content (AvgIpc) is 2.34. The molecule has 4 nitrogen and oxygen atoms in total. The SMILES string of the molecule is CN(C)CCOCCNc1c(F)c(F)nc(F)c1F. The predicted molar refractivity (Wildman–Crippen MR) is 61.9 cm³/mol. The Kier molecular flexibility index (Phi) is 5.97. The molecule has 1 aromatic rings. The fourth-order valence-electron chi connectivity index (χ4n) is 1.24. The first-order chi connectivity index (χ1) is 8.93. The Morgan fingerprint density at radius 2 is 1.63 bits per heavy atom. The van der Waals surface area contributed by atoms with Crippen molar-refractivity contribution in [2.45, 2.75) is 0 Å². The summed E-state index contributed by atoms with van der Waals surface area (Å²) in [5, 5.41) is 2.24. The van der Waals surface area contributed by atoms with E-state index in [0.717, 1.165) is 0 Å². The number of ether oxygens (including phenoxy) is 1. The molecule has 1 heterocycles. The van der Waals surface area contributed by atoms with Gasteiger partial charge in [-0.2, -0.15) is 22.5 Å². The first-order valence-corrected chi connectivity index (χ1v) is 5.59. The lowest BCUT2D eigenvalue weighted by atomic mass is 10.3. The fraction of sp³-hybridized carbons (Fsp3) is 0.545. The second kappa shape index (κ2) is 7.25. The maximum Gasteiger partial charge on any atom is 0.253 e. The molecule has 1 N–H and O–H groups in total. The quantitative estimate of drug-likeness (QED) is 0.468. The fourth-order valence-corrected chi connectivity index (χ4v) is 1.24. The second-order valence-electron chi connectivity index (χ2n) is 4.04. The summed E-state index contributed by atoms with van der Waals surface area (Å²) in [5.41, 5.74) is -0.874. The third kappa shape index (κ3) is 4.64. The molecule has 0 bridgehead atoms. The number of likely N-dealkylation sites (N-methyl/N-ethyl adjacent to an activating group) is 1. The van der Waals surface area contributed by atoms with Crippen molar-refractivity contribution < 1.29 is 22.3 Å². The van der Waals surface area contributed by atoms with Crippen LogP contribution in [0.4, 0.5) is 23.2 Å². The van der Waals surface area contributed by atoms with Gasteiger partial charge in [-0.1, -0.05) is 0 Å². The van der Waals surface area contributed by atoms with Crippen LogP contribution in [-0.2, 0) is 4.74 Å². The molecule has 0 aromatic carbocycles. The minimum atomic E-state index is -1.69. The summed E-state index contributed by atoms with van der Waals surface area (Å²) in [7, 11) is 3.74. The van der Waals surface area contributed by atoms with Crippen molar-refractivity contribution in [3.63, 3.8) is 0 Å². The van der Waals surface area contributed by atoms with Crippen molar-refractivity contribution >= 4 is 5.69 Å². The van der Waals surface area contributed by atoms with E-state index in [2.05, 4.69) is 10.3 Å². The smallest absolute Gasteiger partial charge is 0.253 e. The van der Waals surface area contributed by atoms with Crippen LogP contribution >= 0.6 is 0 Å². The van der Waals surface area contributed by atoms with E-state index in [4.69, 9.17) is 4.74 Å². The molecular formula is C11H15F4N3O. The topological polar surface area (TPSA) is 37.4 Å². The van der Waals surface area contributed by atoms with Crippen LogP contribution in [0.15, 0.2) is 0 Å². The van der Waals surface area contributed by atoms with Crippen LogP contribution in [0.5, 0.6) is 0 Å². The van der Waals surface area contributed by atoms with Crippen LogP contribution in [-0.4, -0.2) is 50.3 Å². The number of hydrogen-bond donors (Lipinski definition) is 1. The van der Waals surface area contributed by atoms with Gasteiger partial charge in [0.15, 0.2) is 0 Å². The van der Waals surface area contributed by atoms with Crippen molar-refractivity contribution in [2.24, 2.45) is 0 Å². The number of aromatic nitrogens is 1. The summed E-state index contributed by atoms with van der Waals surface area (Å²) in [6, 6.07) is 0.